The lowest BCUT2D eigenvalue weighted by Gasteiger charge is -2.14. The third kappa shape index (κ3) is 3.61. The Balaban J connectivity index is 2.33. The van der Waals surface area contributed by atoms with E-state index < -0.39 is 0 Å². The summed E-state index contributed by atoms with van der Waals surface area (Å²) in [6, 6.07) is 6.23. The summed E-state index contributed by atoms with van der Waals surface area (Å²) < 4.78 is 10.8. The first kappa shape index (κ1) is 17.2. The van der Waals surface area contributed by atoms with Crippen molar-refractivity contribution in [2.45, 2.75) is 6.61 Å². The molecule has 0 aliphatic carbocycles. The van der Waals surface area contributed by atoms with Gasteiger partial charge < -0.3 is 9.47 Å². The van der Waals surface area contributed by atoms with E-state index in [1.807, 2.05) is 0 Å². The molecule has 0 fully saturated rings. The molecule has 116 valence electrons. The number of methoxy groups -OCH3 is 1. The van der Waals surface area contributed by atoms with Crippen LogP contribution in [0.15, 0.2) is 24.3 Å². The molecule has 2 aromatic carbocycles. The topological polar surface area (TPSA) is 35.5 Å². The number of carbonyl (C=O) groups is 1. The van der Waals surface area contributed by atoms with Crippen molar-refractivity contribution in [2.75, 3.05) is 7.11 Å². The first-order chi connectivity index (χ1) is 10.5. The van der Waals surface area contributed by atoms with Crippen molar-refractivity contribution >= 4 is 52.7 Å². The highest BCUT2D eigenvalue weighted by atomic mass is 35.5. The third-order valence-corrected chi connectivity index (χ3v) is 4.37. The molecule has 0 radical (unpaired) electrons. The SMILES string of the molecule is COc1cc(C=O)cc(Cl)c1OCc1c(Cl)ccc(Cl)c1Cl. The van der Waals surface area contributed by atoms with Crippen LogP contribution in [0.3, 0.4) is 0 Å². The van der Waals surface area contributed by atoms with Crippen molar-refractivity contribution in [2.24, 2.45) is 0 Å². The molecule has 0 bridgehead atoms. The molecule has 0 N–H and O–H groups in total. The van der Waals surface area contributed by atoms with Crippen molar-refractivity contribution in [3.8, 4) is 11.5 Å². The minimum atomic E-state index is 0.0503. The van der Waals surface area contributed by atoms with Gasteiger partial charge in [-0.15, -0.1) is 0 Å². The number of hydrogen-bond donors (Lipinski definition) is 0. The molecule has 0 aliphatic rings. The predicted octanol–water partition coefficient (Wildman–Crippen LogP) is 5.70. The van der Waals surface area contributed by atoms with Gasteiger partial charge in [-0.3, -0.25) is 4.79 Å². The molecule has 7 heteroatoms. The molecule has 0 unspecified atom stereocenters. The van der Waals surface area contributed by atoms with Crippen LogP contribution in [0.1, 0.15) is 15.9 Å². The predicted molar refractivity (Wildman–Crippen MR) is 89.2 cm³/mol. The average Bonchev–Trinajstić information content (AvgIpc) is 2.51. The molecule has 0 spiro atoms. The maximum Gasteiger partial charge on any atom is 0.180 e. The third-order valence-electron chi connectivity index (χ3n) is 2.89. The summed E-state index contributed by atoms with van der Waals surface area (Å²) in [5.41, 5.74) is 0.918. The van der Waals surface area contributed by atoms with Gasteiger partial charge in [-0.25, -0.2) is 0 Å². The summed E-state index contributed by atoms with van der Waals surface area (Å²) in [5, 5.41) is 1.36. The summed E-state index contributed by atoms with van der Waals surface area (Å²) in [6.45, 7) is 0.0503. The second-order valence-electron chi connectivity index (χ2n) is 4.26. The lowest BCUT2D eigenvalue weighted by atomic mass is 10.2. The van der Waals surface area contributed by atoms with Gasteiger partial charge in [-0.2, -0.15) is 0 Å². The van der Waals surface area contributed by atoms with Crippen LogP contribution >= 0.6 is 46.4 Å². The summed E-state index contributed by atoms with van der Waals surface area (Å²) in [4.78, 5) is 10.8. The lowest BCUT2D eigenvalue weighted by molar-refractivity contribution is 0.112. The van der Waals surface area contributed by atoms with Crippen molar-refractivity contribution in [1.82, 2.24) is 0 Å². The molecule has 0 atom stereocenters. The number of halogens is 4. The number of benzene rings is 2. The van der Waals surface area contributed by atoms with E-state index in [-0.39, 0.29) is 11.6 Å². The van der Waals surface area contributed by atoms with E-state index in [0.717, 1.165) is 0 Å². The first-order valence-electron chi connectivity index (χ1n) is 6.05. The summed E-state index contributed by atoms with van der Waals surface area (Å²) in [7, 11) is 1.45. The average molecular weight is 380 g/mol. The molecule has 22 heavy (non-hydrogen) atoms. The van der Waals surface area contributed by atoms with Crippen molar-refractivity contribution in [3.05, 3.63) is 55.5 Å². The highest BCUT2D eigenvalue weighted by Gasteiger charge is 2.15. The van der Waals surface area contributed by atoms with Gasteiger partial charge in [0.05, 0.1) is 22.2 Å². The molecular formula is C15H10Cl4O3. The van der Waals surface area contributed by atoms with Gasteiger partial charge in [0.1, 0.15) is 12.9 Å². The van der Waals surface area contributed by atoms with Crippen LogP contribution in [-0.2, 0) is 6.61 Å². The Kier molecular flexibility index (Phi) is 5.81. The smallest absolute Gasteiger partial charge is 0.180 e. The molecule has 0 saturated heterocycles. The fourth-order valence-electron chi connectivity index (χ4n) is 1.79. The lowest BCUT2D eigenvalue weighted by Crippen LogP contribution is -2.01. The minimum absolute atomic E-state index is 0.0503. The molecule has 2 aromatic rings. The number of aldehydes is 1. The van der Waals surface area contributed by atoms with Crippen molar-refractivity contribution < 1.29 is 14.3 Å². The van der Waals surface area contributed by atoms with Crippen LogP contribution in [0.4, 0.5) is 0 Å². The van der Waals surface area contributed by atoms with Gasteiger partial charge in [-0.05, 0) is 24.3 Å². The summed E-state index contributed by atoms with van der Waals surface area (Å²) in [6.07, 6.45) is 0.670. The first-order valence-corrected chi connectivity index (χ1v) is 7.57. The maximum atomic E-state index is 10.8. The second kappa shape index (κ2) is 7.42. The monoisotopic (exact) mass is 378 g/mol. The number of carbonyl (C=O) groups excluding carboxylic acids is 1. The molecule has 0 amide bonds. The number of ether oxygens (including phenoxy) is 2. The summed E-state index contributed by atoms with van der Waals surface area (Å²) in [5.74, 6) is 0.630. The van der Waals surface area contributed by atoms with Crippen LogP contribution in [0.2, 0.25) is 20.1 Å². The molecule has 0 aromatic heterocycles. The fourth-order valence-corrected chi connectivity index (χ4v) is 2.72. The van der Waals surface area contributed by atoms with Crippen molar-refractivity contribution in [3.63, 3.8) is 0 Å². The Morgan fingerprint density at radius 2 is 1.73 bits per heavy atom. The Labute approximate surface area is 147 Å². The molecule has 0 aliphatic heterocycles. The molecule has 3 nitrogen and oxygen atoms in total. The second-order valence-corrected chi connectivity index (χ2v) is 5.86. The van der Waals surface area contributed by atoms with E-state index in [2.05, 4.69) is 0 Å². The Bertz CT molecular complexity index is 716. The standard InChI is InChI=1S/C15H10Cl4O3/c1-21-13-5-8(6-20)4-12(18)15(13)22-7-9-10(16)2-3-11(17)14(9)19/h2-6H,7H2,1H3. The highest BCUT2D eigenvalue weighted by molar-refractivity contribution is 6.44. The molecule has 2 rings (SSSR count). The van der Waals surface area contributed by atoms with Crippen molar-refractivity contribution in [1.29, 1.82) is 0 Å². The Morgan fingerprint density at radius 1 is 1.05 bits per heavy atom. The maximum absolute atomic E-state index is 10.8. The normalized spacial score (nSPS) is 10.4. The van der Waals surface area contributed by atoms with Gasteiger partial charge in [0, 0.05) is 16.1 Å². The zero-order valence-corrected chi connectivity index (χ0v) is 14.4. The fraction of sp³-hybridized carbons (Fsp3) is 0.133. The number of hydrogen-bond acceptors (Lipinski definition) is 3. The van der Waals surface area contributed by atoms with Gasteiger partial charge in [-0.1, -0.05) is 46.4 Å². The van der Waals surface area contributed by atoms with Crippen LogP contribution in [0.25, 0.3) is 0 Å². The zero-order chi connectivity index (χ0) is 16.3. The summed E-state index contributed by atoms with van der Waals surface area (Å²) >= 11 is 24.3. The van der Waals surface area contributed by atoms with Crippen LogP contribution in [-0.4, -0.2) is 13.4 Å². The Morgan fingerprint density at radius 3 is 2.36 bits per heavy atom. The highest BCUT2D eigenvalue weighted by Crippen LogP contribution is 2.38. The van der Waals surface area contributed by atoms with E-state index in [1.54, 1.807) is 12.1 Å². The van der Waals surface area contributed by atoms with Gasteiger partial charge >= 0.3 is 0 Å². The van der Waals surface area contributed by atoms with E-state index in [0.29, 0.717) is 44.0 Å². The van der Waals surface area contributed by atoms with Crippen LogP contribution in [0, 0.1) is 0 Å². The van der Waals surface area contributed by atoms with Crippen LogP contribution in [0.5, 0.6) is 11.5 Å². The minimum Gasteiger partial charge on any atom is -0.493 e. The van der Waals surface area contributed by atoms with E-state index in [9.17, 15) is 4.79 Å². The molecule has 0 heterocycles. The van der Waals surface area contributed by atoms with E-state index in [1.165, 1.54) is 19.2 Å². The Hall–Kier alpha value is -1.13. The van der Waals surface area contributed by atoms with Gasteiger partial charge in [0.2, 0.25) is 0 Å². The quantitative estimate of drug-likeness (QED) is 0.493. The van der Waals surface area contributed by atoms with Gasteiger partial charge in [0.15, 0.2) is 11.5 Å². The van der Waals surface area contributed by atoms with E-state index >= 15 is 0 Å². The molecular weight excluding hydrogens is 370 g/mol. The van der Waals surface area contributed by atoms with Gasteiger partial charge in [0.25, 0.3) is 0 Å². The number of rotatable bonds is 5. The zero-order valence-electron chi connectivity index (χ0n) is 11.3. The van der Waals surface area contributed by atoms with E-state index in [4.69, 9.17) is 55.9 Å². The molecule has 0 saturated carbocycles. The van der Waals surface area contributed by atoms with Crippen LogP contribution < -0.4 is 9.47 Å². The largest absolute Gasteiger partial charge is 0.493 e.